The monoisotopic (exact) mass is 152 g/mol. The van der Waals surface area contributed by atoms with Crippen molar-refractivity contribution in [3.8, 4) is 0 Å². The van der Waals surface area contributed by atoms with E-state index >= 15 is 0 Å². The zero-order valence-corrected chi connectivity index (χ0v) is 6.51. The second-order valence-electron chi connectivity index (χ2n) is 2.39. The highest BCUT2D eigenvalue weighted by Crippen LogP contribution is 2.10. The fourth-order valence-electron chi connectivity index (χ4n) is 0.914. The molecule has 59 valence electrons. The van der Waals surface area contributed by atoms with Crippen LogP contribution < -0.4 is 5.73 Å². The summed E-state index contributed by atoms with van der Waals surface area (Å²) in [7, 11) is 0. The molecular weight excluding hydrogens is 142 g/mol. The summed E-state index contributed by atoms with van der Waals surface area (Å²) in [6.45, 7) is 3.66. The number of hydrogen-bond acceptors (Lipinski definition) is 2. The third-order valence-electron chi connectivity index (χ3n) is 1.47. The van der Waals surface area contributed by atoms with Crippen molar-refractivity contribution < 1.29 is 4.79 Å². The van der Waals surface area contributed by atoms with Gasteiger partial charge in [-0.25, -0.2) is 0 Å². The van der Waals surface area contributed by atoms with Gasteiger partial charge in [-0.05, 0) is 13.8 Å². The Morgan fingerprint density at radius 3 is 2.64 bits per heavy atom. The maximum Gasteiger partial charge on any atom is 0.226 e. The van der Waals surface area contributed by atoms with Gasteiger partial charge >= 0.3 is 0 Å². The van der Waals surface area contributed by atoms with E-state index in [0.29, 0.717) is 0 Å². The van der Waals surface area contributed by atoms with Crippen molar-refractivity contribution in [2.24, 2.45) is 5.73 Å². The molecule has 0 saturated heterocycles. The summed E-state index contributed by atoms with van der Waals surface area (Å²) >= 11 is 0. The van der Waals surface area contributed by atoms with E-state index in [0.717, 1.165) is 17.0 Å². The minimum absolute atomic E-state index is 0.447. The van der Waals surface area contributed by atoms with E-state index in [2.05, 4.69) is 10.2 Å². The van der Waals surface area contributed by atoms with Crippen LogP contribution in [0.1, 0.15) is 17.0 Å². The van der Waals surface area contributed by atoms with Gasteiger partial charge in [-0.15, -0.1) is 0 Å². The van der Waals surface area contributed by atoms with Gasteiger partial charge in [0.1, 0.15) is 0 Å². The zero-order valence-electron chi connectivity index (χ0n) is 6.51. The molecule has 0 aromatic carbocycles. The maximum atomic E-state index is 10.5. The topological polar surface area (TPSA) is 71.8 Å². The number of carbonyl (C=O) groups excluding carboxylic acids is 1. The summed E-state index contributed by atoms with van der Waals surface area (Å²) in [5.74, 6) is -0.447. The van der Waals surface area contributed by atoms with Gasteiger partial charge in [-0.1, -0.05) is 0 Å². The molecule has 0 aliphatic carbocycles. The van der Waals surface area contributed by atoms with Crippen molar-refractivity contribution in [2.75, 3.05) is 0 Å². The van der Waals surface area contributed by atoms with E-state index in [1.165, 1.54) is 6.42 Å². The number of H-pyrrole nitrogens is 1. The van der Waals surface area contributed by atoms with Crippen LogP contribution in [0.25, 0.3) is 0 Å². The van der Waals surface area contributed by atoms with Crippen LogP contribution in [0.5, 0.6) is 0 Å². The van der Waals surface area contributed by atoms with Gasteiger partial charge in [0.15, 0.2) is 0 Å². The van der Waals surface area contributed by atoms with Gasteiger partial charge in [-0.3, -0.25) is 9.89 Å². The summed E-state index contributed by atoms with van der Waals surface area (Å²) in [5, 5.41) is 6.66. The summed E-state index contributed by atoms with van der Waals surface area (Å²) < 4.78 is 0. The maximum absolute atomic E-state index is 10.5. The lowest BCUT2D eigenvalue weighted by Crippen LogP contribution is -2.12. The van der Waals surface area contributed by atoms with E-state index in [1.807, 2.05) is 13.8 Å². The SMILES string of the molecule is Cc1n[nH]c(C)c1[CH]C(N)=O. The van der Waals surface area contributed by atoms with Gasteiger partial charge in [0.05, 0.1) is 12.1 Å². The van der Waals surface area contributed by atoms with Crippen molar-refractivity contribution in [1.29, 1.82) is 0 Å². The predicted molar refractivity (Wildman–Crippen MR) is 40.7 cm³/mol. The number of nitrogens with two attached hydrogens (primary N) is 1. The average Bonchev–Trinajstić information content (AvgIpc) is 2.18. The third-order valence-corrected chi connectivity index (χ3v) is 1.47. The van der Waals surface area contributed by atoms with Gasteiger partial charge in [0.2, 0.25) is 5.91 Å². The van der Waals surface area contributed by atoms with Crippen LogP contribution in [0, 0.1) is 20.3 Å². The Hall–Kier alpha value is -1.32. The molecular formula is C7H10N3O. The number of hydrogen-bond donors (Lipinski definition) is 2. The lowest BCUT2D eigenvalue weighted by atomic mass is 10.1. The van der Waals surface area contributed by atoms with Crippen LogP contribution in [0.15, 0.2) is 0 Å². The third kappa shape index (κ3) is 1.58. The number of nitrogens with zero attached hydrogens (tertiary/aromatic N) is 1. The standard InChI is InChI=1S/C7H10N3O/c1-4-6(3-7(8)11)5(2)10-9-4/h3H,1-2H3,(H2,8,11)(H,9,10). The Balaban J connectivity index is 2.92. The molecule has 1 amide bonds. The fraction of sp³-hybridized carbons (Fsp3) is 0.286. The molecule has 4 heteroatoms. The molecule has 0 aliphatic heterocycles. The van der Waals surface area contributed by atoms with Crippen molar-refractivity contribution >= 4 is 5.91 Å². The molecule has 0 unspecified atom stereocenters. The Kier molecular flexibility index (Phi) is 1.94. The van der Waals surface area contributed by atoms with E-state index in [4.69, 9.17) is 5.73 Å². The Bertz CT molecular complexity index is 258. The molecule has 4 nitrogen and oxygen atoms in total. The van der Waals surface area contributed by atoms with Gasteiger partial charge in [-0.2, -0.15) is 5.10 Å². The lowest BCUT2D eigenvalue weighted by Gasteiger charge is -1.94. The Morgan fingerprint density at radius 1 is 1.64 bits per heavy atom. The van der Waals surface area contributed by atoms with Crippen molar-refractivity contribution in [3.05, 3.63) is 23.4 Å². The van der Waals surface area contributed by atoms with E-state index in [9.17, 15) is 4.79 Å². The molecule has 0 fully saturated rings. The molecule has 11 heavy (non-hydrogen) atoms. The highest BCUT2D eigenvalue weighted by Gasteiger charge is 2.08. The molecule has 1 radical (unpaired) electrons. The number of nitrogens with one attached hydrogen (secondary N) is 1. The van der Waals surface area contributed by atoms with Crippen molar-refractivity contribution in [2.45, 2.75) is 13.8 Å². The molecule has 1 aromatic rings. The first-order chi connectivity index (χ1) is 5.11. The number of aryl methyl sites for hydroxylation is 2. The molecule has 1 rings (SSSR count). The van der Waals surface area contributed by atoms with E-state index < -0.39 is 5.91 Å². The number of aromatic amines is 1. The van der Waals surface area contributed by atoms with Crippen LogP contribution in [0.2, 0.25) is 0 Å². The van der Waals surface area contributed by atoms with Crippen molar-refractivity contribution in [1.82, 2.24) is 10.2 Å². The van der Waals surface area contributed by atoms with Crippen molar-refractivity contribution in [3.63, 3.8) is 0 Å². The van der Waals surface area contributed by atoms with Gasteiger partial charge < -0.3 is 5.73 Å². The number of carbonyl (C=O) groups is 1. The van der Waals surface area contributed by atoms with Crippen LogP contribution in [0.4, 0.5) is 0 Å². The summed E-state index contributed by atoms with van der Waals surface area (Å²) in [6, 6.07) is 0. The second-order valence-corrected chi connectivity index (χ2v) is 2.39. The summed E-state index contributed by atoms with van der Waals surface area (Å²) in [4.78, 5) is 10.5. The number of amides is 1. The zero-order chi connectivity index (χ0) is 8.43. The van der Waals surface area contributed by atoms with Crippen LogP contribution >= 0.6 is 0 Å². The number of rotatable bonds is 2. The number of primary amides is 1. The van der Waals surface area contributed by atoms with Crippen LogP contribution in [0.3, 0.4) is 0 Å². The van der Waals surface area contributed by atoms with E-state index in [-0.39, 0.29) is 0 Å². The molecule has 0 spiro atoms. The first kappa shape index (κ1) is 7.78. The molecule has 3 N–H and O–H groups in total. The fourth-order valence-corrected chi connectivity index (χ4v) is 0.914. The van der Waals surface area contributed by atoms with Crippen LogP contribution in [-0.2, 0) is 4.79 Å². The van der Waals surface area contributed by atoms with Gasteiger partial charge in [0, 0.05) is 11.3 Å². The Labute approximate surface area is 64.8 Å². The second kappa shape index (κ2) is 2.74. The highest BCUT2D eigenvalue weighted by molar-refractivity contribution is 5.87. The molecule has 0 atom stereocenters. The smallest absolute Gasteiger partial charge is 0.226 e. The minimum Gasteiger partial charge on any atom is -0.369 e. The molecule has 0 aliphatic rings. The first-order valence-corrected chi connectivity index (χ1v) is 3.27. The summed E-state index contributed by atoms with van der Waals surface area (Å²) in [6.07, 6.45) is 1.37. The lowest BCUT2D eigenvalue weighted by molar-refractivity contribution is -0.114. The first-order valence-electron chi connectivity index (χ1n) is 3.27. The largest absolute Gasteiger partial charge is 0.369 e. The van der Waals surface area contributed by atoms with Gasteiger partial charge in [0.25, 0.3) is 0 Å². The highest BCUT2D eigenvalue weighted by atomic mass is 16.1. The summed E-state index contributed by atoms with van der Waals surface area (Å²) in [5.41, 5.74) is 7.43. The minimum atomic E-state index is -0.447. The molecule has 0 saturated carbocycles. The van der Waals surface area contributed by atoms with E-state index in [1.54, 1.807) is 0 Å². The number of aromatic nitrogens is 2. The predicted octanol–water partition coefficient (Wildman–Crippen LogP) is 0.0642. The normalized spacial score (nSPS) is 10.0. The average molecular weight is 152 g/mol. The Morgan fingerprint density at radius 2 is 2.27 bits per heavy atom. The van der Waals surface area contributed by atoms with Crippen LogP contribution in [-0.4, -0.2) is 16.1 Å². The molecule has 1 aromatic heterocycles. The molecule has 0 bridgehead atoms. The molecule has 1 heterocycles. The quantitative estimate of drug-likeness (QED) is 0.629.